The maximum absolute atomic E-state index is 12.4. The molecular weight excluding hydrogens is 346 g/mol. The van der Waals surface area contributed by atoms with Crippen molar-refractivity contribution in [1.29, 1.82) is 0 Å². The Balaban J connectivity index is 1.65. The Morgan fingerprint density at radius 1 is 1.35 bits per heavy atom. The van der Waals surface area contributed by atoms with Crippen LogP contribution in [0, 0.1) is 6.92 Å². The van der Waals surface area contributed by atoms with Crippen LogP contribution in [0.15, 0.2) is 47.9 Å². The van der Waals surface area contributed by atoms with Gasteiger partial charge >= 0.3 is 0 Å². The highest BCUT2D eigenvalue weighted by Gasteiger charge is 2.12. The van der Waals surface area contributed by atoms with Gasteiger partial charge in [-0.25, -0.2) is 0 Å². The second-order valence-corrected chi connectivity index (χ2v) is 6.81. The summed E-state index contributed by atoms with van der Waals surface area (Å²) in [6, 6.07) is 11.6. The molecule has 5 nitrogen and oxygen atoms in total. The number of nitrogens with zero attached hydrogens (tertiary/aromatic N) is 2. The van der Waals surface area contributed by atoms with Crippen LogP contribution in [0.2, 0.25) is 0 Å². The highest BCUT2D eigenvalue weighted by Crippen LogP contribution is 2.23. The highest BCUT2D eigenvalue weighted by molar-refractivity contribution is 7.12. The van der Waals surface area contributed by atoms with E-state index in [-0.39, 0.29) is 5.91 Å². The molecule has 6 heteroatoms. The van der Waals surface area contributed by atoms with Crippen molar-refractivity contribution >= 4 is 29.1 Å². The molecule has 1 aromatic carbocycles. The molecule has 26 heavy (non-hydrogen) atoms. The summed E-state index contributed by atoms with van der Waals surface area (Å²) < 4.78 is 7.57. The zero-order chi connectivity index (χ0) is 18.5. The molecule has 0 saturated carbocycles. The number of amides is 1. The minimum Gasteiger partial charge on any atom is -0.488 e. The van der Waals surface area contributed by atoms with E-state index in [1.807, 2.05) is 67.8 Å². The average Bonchev–Trinajstić information content (AvgIpc) is 3.21. The first-order valence-corrected chi connectivity index (χ1v) is 9.18. The zero-order valence-electron chi connectivity index (χ0n) is 15.0. The number of allylic oxidation sites excluding steroid dienone is 1. The number of carbonyl (C=O) groups excluding carboxylic acids is 1. The summed E-state index contributed by atoms with van der Waals surface area (Å²) in [7, 11) is 1.80. The molecule has 0 radical (unpaired) electrons. The van der Waals surface area contributed by atoms with E-state index in [1.165, 1.54) is 11.3 Å². The van der Waals surface area contributed by atoms with Crippen molar-refractivity contribution in [2.75, 3.05) is 5.32 Å². The third-order valence-corrected chi connectivity index (χ3v) is 4.76. The fourth-order valence-corrected chi connectivity index (χ4v) is 3.36. The van der Waals surface area contributed by atoms with Crippen molar-refractivity contribution in [3.05, 3.63) is 69.6 Å². The molecule has 1 amide bonds. The summed E-state index contributed by atoms with van der Waals surface area (Å²) in [5.74, 6) is 1.37. The second-order valence-electron chi connectivity index (χ2n) is 5.89. The standard InChI is InChI=1S/C20H21N3O2S/c1-4-7-16-8-5-6-9-17(16)25-12-15-11-18(26-13-15)20(24)21-19-10-14(2)22-23(19)3/h4-11,13H,12H2,1-3H3,(H,21,24)/b7-4+. The summed E-state index contributed by atoms with van der Waals surface area (Å²) in [6.45, 7) is 4.29. The van der Waals surface area contributed by atoms with Gasteiger partial charge in [-0.05, 0) is 31.4 Å². The van der Waals surface area contributed by atoms with Crippen LogP contribution in [-0.4, -0.2) is 15.7 Å². The van der Waals surface area contributed by atoms with Crippen molar-refractivity contribution < 1.29 is 9.53 Å². The predicted octanol–water partition coefficient (Wildman–Crippen LogP) is 4.65. The van der Waals surface area contributed by atoms with Gasteiger partial charge in [0.25, 0.3) is 5.91 Å². The minimum atomic E-state index is -0.140. The Labute approximate surface area is 156 Å². The molecule has 0 atom stereocenters. The van der Waals surface area contributed by atoms with Gasteiger partial charge in [0.2, 0.25) is 0 Å². The fourth-order valence-electron chi connectivity index (χ4n) is 2.57. The number of aromatic nitrogens is 2. The van der Waals surface area contributed by atoms with E-state index in [1.54, 1.807) is 11.7 Å². The molecule has 0 aliphatic rings. The van der Waals surface area contributed by atoms with Crippen LogP contribution in [0.4, 0.5) is 5.82 Å². The molecule has 0 unspecified atom stereocenters. The van der Waals surface area contributed by atoms with Crippen LogP contribution in [0.1, 0.15) is 33.4 Å². The number of benzene rings is 1. The molecular formula is C20H21N3O2S. The molecule has 1 N–H and O–H groups in total. The SMILES string of the molecule is C/C=C/c1ccccc1OCc1csc(C(=O)Nc2cc(C)nn2C)c1. The van der Waals surface area contributed by atoms with E-state index >= 15 is 0 Å². The lowest BCUT2D eigenvalue weighted by Crippen LogP contribution is -2.13. The molecule has 0 fully saturated rings. The van der Waals surface area contributed by atoms with Crippen molar-refractivity contribution in [3.63, 3.8) is 0 Å². The Morgan fingerprint density at radius 2 is 2.15 bits per heavy atom. The summed E-state index contributed by atoms with van der Waals surface area (Å²) >= 11 is 1.40. The number of rotatable bonds is 6. The summed E-state index contributed by atoms with van der Waals surface area (Å²) in [6.07, 6.45) is 3.99. The summed E-state index contributed by atoms with van der Waals surface area (Å²) in [5.41, 5.74) is 2.87. The number of hydrogen-bond donors (Lipinski definition) is 1. The molecule has 0 saturated heterocycles. The number of para-hydroxylation sites is 1. The molecule has 0 aliphatic carbocycles. The quantitative estimate of drug-likeness (QED) is 0.690. The van der Waals surface area contributed by atoms with Crippen LogP contribution >= 0.6 is 11.3 Å². The van der Waals surface area contributed by atoms with Crippen LogP contribution in [0.5, 0.6) is 5.75 Å². The number of aryl methyl sites for hydroxylation is 2. The van der Waals surface area contributed by atoms with Crippen molar-refractivity contribution in [3.8, 4) is 5.75 Å². The molecule has 0 spiro atoms. The Hall–Kier alpha value is -2.86. The topological polar surface area (TPSA) is 56.1 Å². The van der Waals surface area contributed by atoms with Crippen molar-refractivity contribution in [2.45, 2.75) is 20.5 Å². The van der Waals surface area contributed by atoms with E-state index < -0.39 is 0 Å². The maximum Gasteiger partial charge on any atom is 0.266 e. The number of thiophene rings is 1. The van der Waals surface area contributed by atoms with Crippen LogP contribution in [0.25, 0.3) is 6.08 Å². The Kier molecular flexibility index (Phi) is 5.53. The molecule has 0 aliphatic heterocycles. The fraction of sp³-hybridized carbons (Fsp3) is 0.200. The lowest BCUT2D eigenvalue weighted by atomic mass is 10.2. The van der Waals surface area contributed by atoms with Gasteiger partial charge in [-0.15, -0.1) is 11.3 Å². The van der Waals surface area contributed by atoms with E-state index in [2.05, 4.69) is 10.4 Å². The van der Waals surface area contributed by atoms with Crippen molar-refractivity contribution in [2.24, 2.45) is 7.05 Å². The van der Waals surface area contributed by atoms with Crippen LogP contribution < -0.4 is 10.1 Å². The monoisotopic (exact) mass is 367 g/mol. The number of nitrogens with one attached hydrogen (secondary N) is 1. The highest BCUT2D eigenvalue weighted by atomic mass is 32.1. The van der Waals surface area contributed by atoms with E-state index in [0.717, 1.165) is 22.6 Å². The average molecular weight is 367 g/mol. The smallest absolute Gasteiger partial charge is 0.266 e. The van der Waals surface area contributed by atoms with Gasteiger partial charge in [0.1, 0.15) is 18.2 Å². The normalized spacial score (nSPS) is 11.0. The first-order chi connectivity index (χ1) is 12.6. The van der Waals surface area contributed by atoms with Gasteiger partial charge in [-0.1, -0.05) is 30.4 Å². The van der Waals surface area contributed by atoms with Gasteiger partial charge in [0.15, 0.2) is 0 Å². The van der Waals surface area contributed by atoms with Crippen molar-refractivity contribution in [1.82, 2.24) is 9.78 Å². The van der Waals surface area contributed by atoms with Gasteiger partial charge in [-0.2, -0.15) is 5.10 Å². The molecule has 0 bridgehead atoms. The minimum absolute atomic E-state index is 0.140. The van der Waals surface area contributed by atoms with E-state index in [0.29, 0.717) is 17.3 Å². The Bertz CT molecular complexity index is 940. The predicted molar refractivity (Wildman–Crippen MR) is 106 cm³/mol. The summed E-state index contributed by atoms with van der Waals surface area (Å²) in [4.78, 5) is 13.1. The van der Waals surface area contributed by atoms with Gasteiger partial charge in [0, 0.05) is 24.2 Å². The molecule has 3 rings (SSSR count). The number of hydrogen-bond acceptors (Lipinski definition) is 4. The number of ether oxygens (including phenoxy) is 1. The molecule has 2 aromatic heterocycles. The largest absolute Gasteiger partial charge is 0.488 e. The summed E-state index contributed by atoms with van der Waals surface area (Å²) in [5, 5.41) is 9.06. The molecule has 2 heterocycles. The zero-order valence-corrected chi connectivity index (χ0v) is 15.8. The number of anilines is 1. The van der Waals surface area contributed by atoms with E-state index in [9.17, 15) is 4.79 Å². The van der Waals surface area contributed by atoms with Gasteiger partial charge < -0.3 is 10.1 Å². The lowest BCUT2D eigenvalue weighted by Gasteiger charge is -2.08. The third kappa shape index (κ3) is 4.21. The first-order valence-electron chi connectivity index (χ1n) is 8.30. The van der Waals surface area contributed by atoms with Gasteiger partial charge in [-0.3, -0.25) is 9.48 Å². The second kappa shape index (κ2) is 8.01. The molecule has 134 valence electrons. The lowest BCUT2D eigenvalue weighted by molar-refractivity contribution is 0.102. The van der Waals surface area contributed by atoms with E-state index in [4.69, 9.17) is 4.74 Å². The number of carbonyl (C=O) groups is 1. The maximum atomic E-state index is 12.4. The Morgan fingerprint density at radius 3 is 2.88 bits per heavy atom. The molecule has 3 aromatic rings. The van der Waals surface area contributed by atoms with Crippen LogP contribution in [-0.2, 0) is 13.7 Å². The van der Waals surface area contributed by atoms with Crippen LogP contribution in [0.3, 0.4) is 0 Å². The third-order valence-electron chi connectivity index (χ3n) is 3.78. The van der Waals surface area contributed by atoms with Gasteiger partial charge in [0.05, 0.1) is 10.6 Å². The first kappa shape index (κ1) is 17.9.